The van der Waals surface area contributed by atoms with Crippen molar-refractivity contribution in [3.63, 3.8) is 0 Å². The van der Waals surface area contributed by atoms with Crippen molar-refractivity contribution in [2.45, 2.75) is 39.2 Å². The van der Waals surface area contributed by atoms with E-state index in [4.69, 9.17) is 11.1 Å². The molecule has 0 aliphatic rings. The summed E-state index contributed by atoms with van der Waals surface area (Å²) in [5.41, 5.74) is 6.97. The van der Waals surface area contributed by atoms with Crippen LogP contribution in [-0.4, -0.2) is 33.6 Å². The molecule has 8 nitrogen and oxygen atoms in total. The van der Waals surface area contributed by atoms with Crippen molar-refractivity contribution in [2.24, 2.45) is 5.73 Å². The maximum atomic E-state index is 14.8. The topological polar surface area (TPSA) is 125 Å². The summed E-state index contributed by atoms with van der Waals surface area (Å²) in [5, 5.41) is 13.8. The Hall–Kier alpha value is -3.20. The number of hydrogen-bond donors (Lipinski definition) is 5. The Bertz CT molecular complexity index is 1110. The van der Waals surface area contributed by atoms with Crippen LogP contribution in [0.4, 0.5) is 4.39 Å². The van der Waals surface area contributed by atoms with Gasteiger partial charge in [-0.05, 0) is 36.7 Å². The van der Waals surface area contributed by atoms with Gasteiger partial charge in [0.25, 0.3) is 0 Å². The number of halogens is 1. The van der Waals surface area contributed by atoms with E-state index in [2.05, 4.69) is 41.4 Å². The average Bonchev–Trinajstić information content (AvgIpc) is 3.07. The lowest BCUT2D eigenvalue weighted by Gasteiger charge is -2.15. The first kappa shape index (κ1) is 21.5. The Balaban J connectivity index is 1.74. The first-order chi connectivity index (χ1) is 14.1. The van der Waals surface area contributed by atoms with Crippen LogP contribution in [0.5, 0.6) is 0 Å². The van der Waals surface area contributed by atoms with Crippen LogP contribution in [0.3, 0.4) is 0 Å². The van der Waals surface area contributed by atoms with Crippen LogP contribution in [0.15, 0.2) is 35.3 Å². The van der Waals surface area contributed by atoms with E-state index < -0.39 is 11.5 Å². The summed E-state index contributed by atoms with van der Waals surface area (Å²) in [6, 6.07) is 6.74. The van der Waals surface area contributed by atoms with Crippen molar-refractivity contribution in [3.8, 4) is 5.69 Å². The number of nitrogens with one attached hydrogen (secondary N) is 4. The second kappa shape index (κ2) is 8.66. The first-order valence-corrected chi connectivity index (χ1v) is 9.85. The van der Waals surface area contributed by atoms with E-state index in [0.29, 0.717) is 25.3 Å². The smallest absolute Gasteiger partial charge is 0.354 e. The molecule has 0 saturated heterocycles. The van der Waals surface area contributed by atoms with Crippen molar-refractivity contribution < 1.29 is 4.39 Å². The quantitative estimate of drug-likeness (QED) is 0.231. The van der Waals surface area contributed by atoms with Gasteiger partial charge in [0.15, 0.2) is 5.96 Å². The number of guanidine groups is 1. The van der Waals surface area contributed by atoms with Crippen molar-refractivity contribution in [1.29, 1.82) is 5.41 Å². The highest BCUT2D eigenvalue weighted by Gasteiger charge is 2.18. The molecular formula is C21H28FN7O. The molecule has 3 aromatic rings. The fourth-order valence-electron chi connectivity index (χ4n) is 3.10. The number of nitrogens with two attached hydrogens (primary N) is 1. The van der Waals surface area contributed by atoms with Gasteiger partial charge in [-0.2, -0.15) is 4.98 Å². The molecule has 160 valence electrons. The van der Waals surface area contributed by atoms with Gasteiger partial charge in [0, 0.05) is 35.8 Å². The SMILES string of the molecule is CC(C)(C)c1cc2cn(-c3ccc(CNCCCNC(=N)N)cc3F)c(=O)nc2[nH]1. The Morgan fingerprint density at radius 1 is 1.30 bits per heavy atom. The third-order valence-corrected chi connectivity index (χ3v) is 4.76. The van der Waals surface area contributed by atoms with Crippen molar-refractivity contribution in [2.75, 3.05) is 13.1 Å². The molecule has 0 amide bonds. The van der Waals surface area contributed by atoms with E-state index in [1.165, 1.54) is 10.6 Å². The summed E-state index contributed by atoms with van der Waals surface area (Å²) >= 11 is 0. The predicted molar refractivity (Wildman–Crippen MR) is 117 cm³/mol. The van der Waals surface area contributed by atoms with Crippen LogP contribution in [0.25, 0.3) is 16.7 Å². The molecule has 0 bridgehead atoms. The van der Waals surface area contributed by atoms with Gasteiger partial charge >= 0.3 is 5.69 Å². The summed E-state index contributed by atoms with van der Waals surface area (Å²) < 4.78 is 16.0. The average molecular weight is 414 g/mol. The molecule has 2 aromatic heterocycles. The van der Waals surface area contributed by atoms with Crippen LogP contribution in [0, 0.1) is 11.2 Å². The van der Waals surface area contributed by atoms with E-state index in [1.54, 1.807) is 18.3 Å². The molecule has 1 aromatic carbocycles. The van der Waals surface area contributed by atoms with Gasteiger partial charge in [-0.25, -0.2) is 9.18 Å². The van der Waals surface area contributed by atoms with E-state index in [9.17, 15) is 9.18 Å². The number of fused-ring (bicyclic) bond motifs is 1. The Labute approximate surface area is 174 Å². The van der Waals surface area contributed by atoms with Crippen LogP contribution in [0.1, 0.15) is 38.4 Å². The lowest BCUT2D eigenvalue weighted by Crippen LogP contribution is -2.32. The molecule has 0 aliphatic heterocycles. The molecule has 6 N–H and O–H groups in total. The van der Waals surface area contributed by atoms with Crippen LogP contribution in [0.2, 0.25) is 0 Å². The van der Waals surface area contributed by atoms with Gasteiger partial charge in [-0.15, -0.1) is 0 Å². The minimum Gasteiger partial charge on any atom is -0.370 e. The van der Waals surface area contributed by atoms with Gasteiger partial charge in [-0.1, -0.05) is 26.8 Å². The highest BCUT2D eigenvalue weighted by atomic mass is 19.1. The zero-order valence-corrected chi connectivity index (χ0v) is 17.5. The van der Waals surface area contributed by atoms with Crippen LogP contribution >= 0.6 is 0 Å². The van der Waals surface area contributed by atoms with Crippen molar-refractivity contribution in [3.05, 3.63) is 58.0 Å². The number of aromatic nitrogens is 3. The Kier molecular flexibility index (Phi) is 6.21. The fraction of sp³-hybridized carbons (Fsp3) is 0.381. The van der Waals surface area contributed by atoms with Gasteiger partial charge in [0.05, 0.1) is 5.69 Å². The molecule has 9 heteroatoms. The number of H-pyrrole nitrogens is 1. The van der Waals surface area contributed by atoms with Crippen LogP contribution in [-0.2, 0) is 12.0 Å². The molecule has 2 heterocycles. The third-order valence-electron chi connectivity index (χ3n) is 4.76. The second-order valence-electron chi connectivity index (χ2n) is 8.29. The minimum atomic E-state index is -0.535. The number of rotatable bonds is 7. The van der Waals surface area contributed by atoms with Crippen LogP contribution < -0.4 is 22.1 Å². The summed E-state index contributed by atoms with van der Waals surface area (Å²) in [7, 11) is 0. The highest BCUT2D eigenvalue weighted by molar-refractivity contribution is 5.76. The third kappa shape index (κ3) is 5.04. The van der Waals surface area contributed by atoms with E-state index in [-0.39, 0.29) is 17.1 Å². The summed E-state index contributed by atoms with van der Waals surface area (Å²) in [6.45, 7) is 8.00. The summed E-state index contributed by atoms with van der Waals surface area (Å²) in [6.07, 6.45) is 2.41. The summed E-state index contributed by atoms with van der Waals surface area (Å²) in [4.78, 5) is 19.7. The van der Waals surface area contributed by atoms with Gasteiger partial charge in [-0.3, -0.25) is 9.98 Å². The zero-order valence-electron chi connectivity index (χ0n) is 17.5. The maximum absolute atomic E-state index is 14.8. The monoisotopic (exact) mass is 413 g/mol. The summed E-state index contributed by atoms with van der Waals surface area (Å²) in [5.74, 6) is -0.535. The normalized spacial score (nSPS) is 11.7. The molecule has 0 atom stereocenters. The number of aromatic amines is 1. The molecule has 3 rings (SSSR count). The lowest BCUT2D eigenvalue weighted by atomic mass is 9.92. The van der Waals surface area contributed by atoms with E-state index >= 15 is 0 Å². The minimum absolute atomic E-state index is 0.0511. The molecule has 0 radical (unpaired) electrons. The molecule has 0 saturated carbocycles. The van der Waals surface area contributed by atoms with E-state index in [0.717, 1.165) is 23.1 Å². The number of hydrogen-bond acceptors (Lipinski definition) is 4. The van der Waals surface area contributed by atoms with Crippen molar-refractivity contribution in [1.82, 2.24) is 25.2 Å². The lowest BCUT2D eigenvalue weighted by molar-refractivity contribution is 0.574. The Morgan fingerprint density at radius 2 is 2.07 bits per heavy atom. The van der Waals surface area contributed by atoms with Crippen molar-refractivity contribution >= 4 is 17.0 Å². The van der Waals surface area contributed by atoms with Gasteiger partial charge in [0.1, 0.15) is 11.5 Å². The molecule has 0 unspecified atom stereocenters. The maximum Gasteiger partial charge on any atom is 0.354 e. The number of benzene rings is 1. The first-order valence-electron chi connectivity index (χ1n) is 9.85. The largest absolute Gasteiger partial charge is 0.370 e. The molecule has 0 fully saturated rings. The predicted octanol–water partition coefficient (Wildman–Crippen LogP) is 2.11. The van der Waals surface area contributed by atoms with E-state index in [1.807, 2.05) is 6.07 Å². The molecule has 30 heavy (non-hydrogen) atoms. The van der Waals surface area contributed by atoms with Gasteiger partial charge < -0.3 is 21.4 Å². The number of nitrogens with zero attached hydrogens (tertiary/aromatic N) is 2. The standard InChI is InChI=1S/C21H28FN7O/c1-21(2,3)17-10-14-12-29(20(30)28-18(14)27-17)16-6-5-13(9-15(16)22)11-25-7-4-8-26-19(23)24/h5-6,9-10,12,25H,4,7-8,11H2,1-3H3,(H4,23,24,26)(H,27,28,30). The molecular weight excluding hydrogens is 385 g/mol. The second-order valence-corrected chi connectivity index (χ2v) is 8.29. The fourth-order valence-corrected chi connectivity index (χ4v) is 3.10. The zero-order chi connectivity index (χ0) is 21.9. The molecule has 0 spiro atoms. The Morgan fingerprint density at radius 3 is 2.73 bits per heavy atom. The highest BCUT2D eigenvalue weighted by Crippen LogP contribution is 2.25. The molecule has 0 aliphatic carbocycles. The van der Waals surface area contributed by atoms with Gasteiger partial charge in [0.2, 0.25) is 0 Å².